The van der Waals surface area contributed by atoms with Crippen LogP contribution in [0.1, 0.15) is 43.4 Å². The Labute approximate surface area is 132 Å². The Morgan fingerprint density at radius 2 is 1.68 bits per heavy atom. The van der Waals surface area contributed by atoms with Crippen molar-refractivity contribution in [2.75, 3.05) is 6.61 Å². The lowest BCUT2D eigenvalue weighted by Gasteiger charge is -2.48. The zero-order chi connectivity index (χ0) is 15.2. The van der Waals surface area contributed by atoms with E-state index in [9.17, 15) is 0 Å². The van der Waals surface area contributed by atoms with Crippen LogP contribution in [0.25, 0.3) is 0 Å². The van der Waals surface area contributed by atoms with Gasteiger partial charge in [-0.1, -0.05) is 48.5 Å². The van der Waals surface area contributed by atoms with Crippen LogP contribution in [0.3, 0.4) is 0 Å². The molecule has 0 unspecified atom stereocenters. The van der Waals surface area contributed by atoms with Crippen LogP contribution in [0.15, 0.2) is 54.6 Å². The quantitative estimate of drug-likeness (QED) is 0.757. The van der Waals surface area contributed by atoms with Crippen LogP contribution >= 0.6 is 0 Å². The van der Waals surface area contributed by atoms with Crippen LogP contribution in [0, 0.1) is 5.92 Å². The van der Waals surface area contributed by atoms with Crippen molar-refractivity contribution in [3.8, 4) is 5.75 Å². The molecule has 0 bridgehead atoms. The van der Waals surface area contributed by atoms with Gasteiger partial charge in [-0.2, -0.15) is 0 Å². The maximum absolute atomic E-state index is 6.33. The molecule has 0 amide bonds. The summed E-state index contributed by atoms with van der Waals surface area (Å²) in [5.74, 6) is 1.81. The first-order chi connectivity index (χ1) is 10.6. The van der Waals surface area contributed by atoms with E-state index in [-0.39, 0.29) is 11.7 Å². The summed E-state index contributed by atoms with van der Waals surface area (Å²) in [6.45, 7) is 5.17. The number of ether oxygens (including phenoxy) is 2. The number of hydrogen-bond acceptors (Lipinski definition) is 2. The van der Waals surface area contributed by atoms with Crippen molar-refractivity contribution in [2.24, 2.45) is 5.92 Å². The Morgan fingerprint density at radius 1 is 0.955 bits per heavy atom. The lowest BCUT2D eigenvalue weighted by atomic mass is 9.72. The largest absolute Gasteiger partial charge is 0.487 e. The van der Waals surface area contributed by atoms with Crippen LogP contribution in [-0.2, 0) is 4.74 Å². The van der Waals surface area contributed by atoms with E-state index in [1.807, 2.05) is 6.07 Å². The molecule has 1 fully saturated rings. The average Bonchev–Trinajstić information content (AvgIpc) is 2.55. The molecule has 2 heteroatoms. The van der Waals surface area contributed by atoms with Gasteiger partial charge in [0.2, 0.25) is 0 Å². The summed E-state index contributed by atoms with van der Waals surface area (Å²) in [6, 6.07) is 19.0. The molecule has 2 aromatic carbocycles. The fraction of sp³-hybridized carbons (Fsp3) is 0.400. The van der Waals surface area contributed by atoms with E-state index in [0.29, 0.717) is 11.8 Å². The van der Waals surface area contributed by atoms with Crippen molar-refractivity contribution in [3.05, 3.63) is 65.7 Å². The maximum atomic E-state index is 6.33. The first kappa shape index (κ1) is 13.8. The molecule has 0 spiro atoms. The first-order valence-corrected chi connectivity index (χ1v) is 8.09. The standard InChI is InChI=1S/C20H22O2/c1-20(2)17-12-15(14-8-4-3-5-9-14)13-21-19(17)16-10-6-7-11-18(16)22-20/h3-11,15,17,19H,12-13H2,1-2H3/t15-,17+,19-/m1/s1. The van der Waals surface area contributed by atoms with Crippen LogP contribution < -0.4 is 4.74 Å². The predicted molar refractivity (Wildman–Crippen MR) is 87.1 cm³/mol. The second-order valence-corrected chi connectivity index (χ2v) is 6.95. The van der Waals surface area contributed by atoms with Crippen molar-refractivity contribution < 1.29 is 9.47 Å². The molecule has 0 radical (unpaired) electrons. The zero-order valence-corrected chi connectivity index (χ0v) is 13.2. The predicted octanol–water partition coefficient (Wildman–Crippen LogP) is 4.72. The molecular formula is C20H22O2. The normalized spacial score (nSPS) is 29.1. The highest BCUT2D eigenvalue weighted by atomic mass is 16.5. The molecule has 1 saturated heterocycles. The van der Waals surface area contributed by atoms with Crippen LogP contribution in [0.4, 0.5) is 0 Å². The molecule has 2 aromatic rings. The van der Waals surface area contributed by atoms with Gasteiger partial charge in [0, 0.05) is 17.4 Å². The number of rotatable bonds is 1. The minimum absolute atomic E-state index is 0.153. The summed E-state index contributed by atoms with van der Waals surface area (Å²) in [5, 5.41) is 0. The molecule has 22 heavy (non-hydrogen) atoms. The van der Waals surface area contributed by atoms with Crippen molar-refractivity contribution in [2.45, 2.75) is 37.9 Å². The van der Waals surface area contributed by atoms with Crippen molar-refractivity contribution in [3.63, 3.8) is 0 Å². The number of hydrogen-bond donors (Lipinski definition) is 0. The van der Waals surface area contributed by atoms with Gasteiger partial charge in [-0.15, -0.1) is 0 Å². The second kappa shape index (κ2) is 5.13. The summed E-state index contributed by atoms with van der Waals surface area (Å²) in [5.41, 5.74) is 2.38. The lowest BCUT2D eigenvalue weighted by molar-refractivity contribution is -0.124. The van der Waals surface area contributed by atoms with Crippen LogP contribution in [-0.4, -0.2) is 12.2 Å². The summed E-state index contributed by atoms with van der Waals surface area (Å²) in [4.78, 5) is 0. The summed E-state index contributed by atoms with van der Waals surface area (Å²) >= 11 is 0. The summed E-state index contributed by atoms with van der Waals surface area (Å²) in [6.07, 6.45) is 1.26. The highest BCUT2D eigenvalue weighted by Gasteiger charge is 2.47. The maximum Gasteiger partial charge on any atom is 0.125 e. The van der Waals surface area contributed by atoms with E-state index in [1.54, 1.807) is 0 Å². The van der Waals surface area contributed by atoms with Crippen LogP contribution in [0.5, 0.6) is 5.75 Å². The minimum atomic E-state index is -0.202. The highest BCUT2D eigenvalue weighted by Crippen LogP contribution is 2.51. The van der Waals surface area contributed by atoms with Crippen molar-refractivity contribution >= 4 is 0 Å². The van der Waals surface area contributed by atoms with Gasteiger partial charge in [0.05, 0.1) is 12.7 Å². The van der Waals surface area contributed by atoms with Gasteiger partial charge < -0.3 is 9.47 Å². The average molecular weight is 294 g/mol. The monoisotopic (exact) mass is 294 g/mol. The zero-order valence-electron chi connectivity index (χ0n) is 13.2. The molecule has 0 aliphatic carbocycles. The van der Waals surface area contributed by atoms with Crippen molar-refractivity contribution in [1.29, 1.82) is 0 Å². The third-order valence-corrected chi connectivity index (χ3v) is 5.14. The van der Waals surface area contributed by atoms with E-state index in [1.165, 1.54) is 11.1 Å². The van der Waals surface area contributed by atoms with E-state index >= 15 is 0 Å². The van der Waals surface area contributed by atoms with Gasteiger partial charge in [0.25, 0.3) is 0 Å². The lowest BCUT2D eigenvalue weighted by Crippen LogP contribution is -2.48. The SMILES string of the molecule is CC1(C)Oc2ccccc2[C@H]2OC[C@H](c3ccccc3)C[C@@H]21. The third kappa shape index (κ3) is 2.22. The Bertz CT molecular complexity index is 662. The van der Waals surface area contributed by atoms with Crippen molar-refractivity contribution in [1.82, 2.24) is 0 Å². The van der Waals surface area contributed by atoms with Gasteiger partial charge in [0.1, 0.15) is 11.4 Å². The second-order valence-electron chi connectivity index (χ2n) is 6.95. The topological polar surface area (TPSA) is 18.5 Å². The van der Waals surface area contributed by atoms with Crippen LogP contribution in [0.2, 0.25) is 0 Å². The summed E-state index contributed by atoms with van der Waals surface area (Å²) < 4.78 is 12.6. The van der Waals surface area contributed by atoms with Gasteiger partial charge in [0.15, 0.2) is 0 Å². The molecule has 2 aliphatic rings. The number of benzene rings is 2. The van der Waals surface area contributed by atoms with Gasteiger partial charge in [-0.25, -0.2) is 0 Å². The molecule has 4 rings (SSSR count). The highest BCUT2D eigenvalue weighted by molar-refractivity contribution is 5.39. The van der Waals surface area contributed by atoms with E-state index in [0.717, 1.165) is 18.8 Å². The smallest absolute Gasteiger partial charge is 0.125 e. The first-order valence-electron chi connectivity index (χ1n) is 8.09. The third-order valence-electron chi connectivity index (χ3n) is 5.14. The fourth-order valence-electron chi connectivity index (χ4n) is 3.91. The molecule has 2 aliphatic heterocycles. The van der Waals surface area contributed by atoms with E-state index < -0.39 is 0 Å². The molecule has 114 valence electrons. The Morgan fingerprint density at radius 3 is 2.50 bits per heavy atom. The molecule has 0 saturated carbocycles. The molecule has 2 nitrogen and oxygen atoms in total. The van der Waals surface area contributed by atoms with Gasteiger partial charge in [-0.3, -0.25) is 0 Å². The number of para-hydroxylation sites is 1. The van der Waals surface area contributed by atoms with Gasteiger partial charge in [-0.05, 0) is 31.9 Å². The molecule has 2 heterocycles. The molecule has 0 aromatic heterocycles. The minimum Gasteiger partial charge on any atom is -0.487 e. The Kier molecular flexibility index (Phi) is 3.23. The van der Waals surface area contributed by atoms with E-state index in [2.05, 4.69) is 62.4 Å². The Hall–Kier alpha value is -1.80. The molecule has 0 N–H and O–H groups in total. The molecular weight excluding hydrogens is 272 g/mol. The van der Waals surface area contributed by atoms with Gasteiger partial charge >= 0.3 is 0 Å². The number of fused-ring (bicyclic) bond motifs is 3. The Balaban J connectivity index is 1.67. The van der Waals surface area contributed by atoms with E-state index in [4.69, 9.17) is 9.47 Å². The molecule has 3 atom stereocenters. The fourth-order valence-corrected chi connectivity index (χ4v) is 3.91. The summed E-state index contributed by atoms with van der Waals surface area (Å²) in [7, 11) is 0.